The molecule has 3 aromatic rings. The molecule has 1 saturated carbocycles. The number of amides is 2. The van der Waals surface area contributed by atoms with Crippen molar-refractivity contribution in [2.24, 2.45) is 23.7 Å². The number of allylic oxidation sites excluding steroid dienone is 3. The molecule has 1 aliphatic heterocycles. The SMILES string of the molecule is COc1ccc(C(=C2[C@H]3C=C[C@H]2[C@@H]2C(=O)N(c4ccc(OC(C)=O)cc4)C(=O)[C@H]23)c2ccc(OC)cc2)cc1. The topological polar surface area (TPSA) is 82.1 Å². The van der Waals surface area contributed by atoms with Crippen LogP contribution in [0.3, 0.4) is 0 Å². The number of hydrogen-bond donors (Lipinski definition) is 0. The Morgan fingerprint density at radius 1 is 0.667 bits per heavy atom. The number of nitrogens with zero attached hydrogens (tertiary/aromatic N) is 1. The number of benzene rings is 3. The molecule has 1 saturated heterocycles. The summed E-state index contributed by atoms with van der Waals surface area (Å²) in [5, 5.41) is 0. The van der Waals surface area contributed by atoms with Crippen LogP contribution in [0.4, 0.5) is 5.69 Å². The van der Waals surface area contributed by atoms with E-state index in [9.17, 15) is 14.4 Å². The van der Waals surface area contributed by atoms with E-state index >= 15 is 0 Å². The Balaban J connectivity index is 1.41. The second-order valence-corrected chi connectivity index (χ2v) is 9.87. The molecule has 2 fully saturated rings. The third-order valence-corrected chi connectivity index (χ3v) is 7.82. The lowest BCUT2D eigenvalue weighted by Crippen LogP contribution is -2.33. The minimum atomic E-state index is -0.470. The molecular formula is C32H27NO6. The van der Waals surface area contributed by atoms with Crippen molar-refractivity contribution < 1.29 is 28.6 Å². The van der Waals surface area contributed by atoms with Gasteiger partial charge in [-0.15, -0.1) is 0 Å². The van der Waals surface area contributed by atoms with E-state index in [1.165, 1.54) is 11.8 Å². The van der Waals surface area contributed by atoms with Gasteiger partial charge in [0.15, 0.2) is 0 Å². The maximum Gasteiger partial charge on any atom is 0.308 e. The van der Waals surface area contributed by atoms with Crippen molar-refractivity contribution in [2.45, 2.75) is 6.92 Å². The summed E-state index contributed by atoms with van der Waals surface area (Å²) in [4.78, 5) is 40.1. The Labute approximate surface area is 226 Å². The minimum Gasteiger partial charge on any atom is -0.497 e. The molecule has 2 amide bonds. The second-order valence-electron chi connectivity index (χ2n) is 9.87. The van der Waals surface area contributed by atoms with E-state index in [0.29, 0.717) is 11.4 Å². The van der Waals surface area contributed by atoms with Crippen LogP contribution < -0.4 is 19.1 Å². The van der Waals surface area contributed by atoms with Crippen LogP contribution in [-0.2, 0) is 14.4 Å². The Kier molecular flexibility index (Phi) is 6.06. The molecule has 3 aliphatic rings. The fourth-order valence-electron chi connectivity index (χ4n) is 6.20. The highest BCUT2D eigenvalue weighted by molar-refractivity contribution is 6.23. The van der Waals surface area contributed by atoms with Crippen molar-refractivity contribution in [1.82, 2.24) is 0 Å². The first kappa shape index (κ1) is 24.7. The van der Waals surface area contributed by atoms with Gasteiger partial charge < -0.3 is 14.2 Å². The van der Waals surface area contributed by atoms with Gasteiger partial charge in [0, 0.05) is 18.8 Å². The summed E-state index contributed by atoms with van der Waals surface area (Å²) >= 11 is 0. The molecule has 7 nitrogen and oxygen atoms in total. The van der Waals surface area contributed by atoms with Crippen LogP contribution in [-0.4, -0.2) is 32.0 Å². The molecule has 0 unspecified atom stereocenters. The van der Waals surface area contributed by atoms with Crippen LogP contribution in [0.1, 0.15) is 18.1 Å². The van der Waals surface area contributed by atoms with Crippen LogP contribution in [0, 0.1) is 23.7 Å². The summed E-state index contributed by atoms with van der Waals surface area (Å²) in [6.45, 7) is 1.32. The minimum absolute atomic E-state index is 0.194. The van der Waals surface area contributed by atoms with Crippen molar-refractivity contribution >= 4 is 29.0 Å². The van der Waals surface area contributed by atoms with Gasteiger partial charge in [-0.1, -0.05) is 36.4 Å². The average Bonchev–Trinajstić information content (AvgIpc) is 3.58. The maximum absolute atomic E-state index is 13.8. The van der Waals surface area contributed by atoms with Crippen LogP contribution >= 0.6 is 0 Å². The number of methoxy groups -OCH3 is 2. The van der Waals surface area contributed by atoms with E-state index in [1.54, 1.807) is 38.5 Å². The lowest BCUT2D eigenvalue weighted by atomic mass is 9.85. The van der Waals surface area contributed by atoms with Crippen LogP contribution in [0.25, 0.3) is 5.57 Å². The van der Waals surface area contributed by atoms with Gasteiger partial charge in [-0.2, -0.15) is 0 Å². The van der Waals surface area contributed by atoms with Gasteiger partial charge in [0.05, 0.1) is 31.7 Å². The first-order valence-electron chi connectivity index (χ1n) is 12.8. The number of anilines is 1. The summed E-state index contributed by atoms with van der Waals surface area (Å²) < 4.78 is 15.8. The Bertz CT molecular complexity index is 1430. The summed E-state index contributed by atoms with van der Waals surface area (Å²) in [6.07, 6.45) is 4.15. The van der Waals surface area contributed by atoms with E-state index in [1.807, 2.05) is 48.5 Å². The molecule has 0 aromatic heterocycles. The van der Waals surface area contributed by atoms with Gasteiger partial charge in [0.1, 0.15) is 17.2 Å². The summed E-state index contributed by atoms with van der Waals surface area (Å²) in [5.74, 6) is -0.304. The molecule has 6 rings (SSSR count). The van der Waals surface area contributed by atoms with Gasteiger partial charge in [0.25, 0.3) is 0 Å². The van der Waals surface area contributed by atoms with Gasteiger partial charge in [0.2, 0.25) is 11.8 Å². The first-order chi connectivity index (χ1) is 18.9. The molecule has 39 heavy (non-hydrogen) atoms. The zero-order valence-corrected chi connectivity index (χ0v) is 21.8. The van der Waals surface area contributed by atoms with E-state index in [0.717, 1.165) is 33.8 Å². The standard InChI is InChI=1S/C32H27NO6/c1-18(34)39-24-14-8-21(9-15-24)33-31(35)29-25-16-17-26(30(29)32(33)36)28(25)27(19-4-10-22(37-2)11-5-19)20-6-12-23(38-3)13-7-20/h4-17,25-26,29-30H,1-3H3/t25-,26-,29+,30+/m1/s1. The number of ether oxygens (including phenoxy) is 3. The van der Waals surface area contributed by atoms with E-state index < -0.39 is 17.8 Å². The van der Waals surface area contributed by atoms with E-state index in [2.05, 4.69) is 12.2 Å². The van der Waals surface area contributed by atoms with Crippen molar-refractivity contribution in [3.8, 4) is 17.2 Å². The fraction of sp³-hybridized carbons (Fsp3) is 0.219. The molecule has 2 bridgehead atoms. The highest BCUT2D eigenvalue weighted by Gasteiger charge is 2.62. The molecule has 4 atom stereocenters. The van der Waals surface area contributed by atoms with Crippen molar-refractivity contribution in [1.29, 1.82) is 0 Å². The smallest absolute Gasteiger partial charge is 0.308 e. The van der Waals surface area contributed by atoms with Gasteiger partial charge in [-0.25, -0.2) is 4.90 Å². The van der Waals surface area contributed by atoms with Gasteiger partial charge in [-0.05, 0) is 70.8 Å². The lowest BCUT2D eigenvalue weighted by molar-refractivity contribution is -0.132. The van der Waals surface area contributed by atoms with Crippen molar-refractivity contribution in [3.63, 3.8) is 0 Å². The Hall–Kier alpha value is -4.65. The Morgan fingerprint density at radius 2 is 1.10 bits per heavy atom. The van der Waals surface area contributed by atoms with Crippen molar-refractivity contribution in [3.05, 3.63) is 102 Å². The molecule has 0 radical (unpaired) electrons. The number of rotatable bonds is 6. The van der Waals surface area contributed by atoms with Crippen LogP contribution in [0.5, 0.6) is 17.2 Å². The number of imide groups is 1. The number of hydrogen-bond acceptors (Lipinski definition) is 6. The van der Waals surface area contributed by atoms with Gasteiger partial charge in [-0.3, -0.25) is 14.4 Å². The second kappa shape index (κ2) is 9.58. The van der Waals surface area contributed by atoms with E-state index in [4.69, 9.17) is 14.2 Å². The number of fused-ring (bicyclic) bond motifs is 5. The predicted octanol–water partition coefficient (Wildman–Crippen LogP) is 5.05. The molecule has 0 N–H and O–H groups in total. The van der Waals surface area contributed by atoms with Crippen molar-refractivity contribution in [2.75, 3.05) is 19.1 Å². The van der Waals surface area contributed by atoms with Crippen LogP contribution in [0.15, 0.2) is 90.5 Å². The third kappa shape index (κ3) is 4.02. The molecule has 2 aliphatic carbocycles. The monoisotopic (exact) mass is 521 g/mol. The van der Waals surface area contributed by atoms with Gasteiger partial charge >= 0.3 is 5.97 Å². The molecule has 0 spiro atoms. The van der Waals surface area contributed by atoms with Crippen LogP contribution in [0.2, 0.25) is 0 Å². The zero-order chi connectivity index (χ0) is 27.3. The quantitative estimate of drug-likeness (QED) is 0.195. The molecule has 196 valence electrons. The molecule has 3 aromatic carbocycles. The highest BCUT2D eigenvalue weighted by atomic mass is 16.5. The number of esters is 1. The number of carbonyl (C=O) groups excluding carboxylic acids is 3. The van der Waals surface area contributed by atoms with E-state index in [-0.39, 0.29) is 23.7 Å². The predicted molar refractivity (Wildman–Crippen MR) is 145 cm³/mol. The summed E-state index contributed by atoms with van der Waals surface area (Å²) in [6, 6.07) is 22.2. The summed E-state index contributed by atoms with van der Waals surface area (Å²) in [5.41, 5.74) is 4.57. The highest BCUT2D eigenvalue weighted by Crippen LogP contribution is 2.59. The fourth-order valence-corrected chi connectivity index (χ4v) is 6.20. The maximum atomic E-state index is 13.8. The first-order valence-corrected chi connectivity index (χ1v) is 12.8. The Morgan fingerprint density at radius 3 is 1.51 bits per heavy atom. The summed E-state index contributed by atoms with van der Waals surface area (Å²) in [7, 11) is 3.26. The largest absolute Gasteiger partial charge is 0.497 e. The molecule has 7 heteroatoms. The average molecular weight is 522 g/mol. The lowest BCUT2D eigenvalue weighted by Gasteiger charge is -2.22. The number of carbonyl (C=O) groups is 3. The molecule has 1 heterocycles. The molecular weight excluding hydrogens is 494 g/mol. The third-order valence-electron chi connectivity index (χ3n) is 7.82. The normalized spacial score (nSPS) is 22.7. The zero-order valence-electron chi connectivity index (χ0n) is 21.8.